The van der Waals surface area contributed by atoms with Crippen molar-refractivity contribution >= 4 is 17.4 Å². The minimum atomic E-state index is 0.617. The lowest BCUT2D eigenvalue weighted by Crippen LogP contribution is -1.96. The molecule has 2 aromatic rings. The van der Waals surface area contributed by atoms with Gasteiger partial charge in [-0.15, -0.1) is 10.2 Å². The van der Waals surface area contributed by atoms with Crippen LogP contribution in [0.5, 0.6) is 0 Å². The highest BCUT2D eigenvalue weighted by molar-refractivity contribution is 7.98. The van der Waals surface area contributed by atoms with Gasteiger partial charge in [-0.25, -0.2) is 0 Å². The molecule has 0 aliphatic carbocycles. The Labute approximate surface area is 91.9 Å². The molecule has 2 rings (SSSR count). The molecular weight excluding hydrogens is 208 g/mol. The Bertz CT molecular complexity index is 512. The van der Waals surface area contributed by atoms with Crippen molar-refractivity contribution in [2.45, 2.75) is 6.42 Å². The number of hydrogen-bond donors (Lipinski definition) is 0. The average molecular weight is 218 g/mol. The highest BCUT2D eigenvalue weighted by Crippen LogP contribution is 2.08. The number of nitrogens with zero attached hydrogens (tertiary/aromatic N) is 4. The molecule has 0 aliphatic heterocycles. The lowest BCUT2D eigenvalue weighted by molar-refractivity contribution is 0.916. The Hall–Kier alpha value is -1.54. The van der Waals surface area contributed by atoms with Crippen LogP contribution in [0.15, 0.2) is 18.3 Å². The standard InChI is InChI=1S/C10H10N4S/c1-15-5-3-9-12-13-10-6-8(7-11)2-4-14(9)10/h2,4,6H,3,5H2,1H3. The molecule has 0 aliphatic rings. The van der Waals surface area contributed by atoms with Gasteiger partial charge < -0.3 is 0 Å². The zero-order valence-corrected chi connectivity index (χ0v) is 9.16. The molecule has 4 nitrogen and oxygen atoms in total. The number of aromatic nitrogens is 3. The predicted molar refractivity (Wildman–Crippen MR) is 59.8 cm³/mol. The van der Waals surface area contributed by atoms with E-state index in [0.29, 0.717) is 5.56 Å². The molecule has 5 heteroatoms. The first kappa shape index (κ1) is 9.99. The van der Waals surface area contributed by atoms with E-state index < -0.39 is 0 Å². The van der Waals surface area contributed by atoms with Crippen LogP contribution in [0.4, 0.5) is 0 Å². The largest absolute Gasteiger partial charge is 0.286 e. The van der Waals surface area contributed by atoms with Gasteiger partial charge in [0.15, 0.2) is 5.65 Å². The van der Waals surface area contributed by atoms with Crippen molar-refractivity contribution < 1.29 is 0 Å². The summed E-state index contributed by atoms with van der Waals surface area (Å²) in [5.74, 6) is 1.98. The van der Waals surface area contributed by atoms with Crippen LogP contribution in [0.3, 0.4) is 0 Å². The fraction of sp³-hybridized carbons (Fsp3) is 0.300. The van der Waals surface area contributed by atoms with Crippen LogP contribution >= 0.6 is 11.8 Å². The highest BCUT2D eigenvalue weighted by Gasteiger charge is 2.04. The molecule has 0 bridgehead atoms. The minimum absolute atomic E-state index is 0.617. The number of hydrogen-bond acceptors (Lipinski definition) is 4. The molecule has 0 N–H and O–H groups in total. The summed E-state index contributed by atoms with van der Waals surface area (Å²) < 4.78 is 1.93. The summed E-state index contributed by atoms with van der Waals surface area (Å²) in [6.45, 7) is 0. The maximum absolute atomic E-state index is 8.73. The third kappa shape index (κ3) is 1.95. The molecular formula is C10H10N4S. The van der Waals surface area contributed by atoms with E-state index in [0.717, 1.165) is 23.6 Å². The second-order valence-corrected chi connectivity index (χ2v) is 4.10. The summed E-state index contributed by atoms with van der Waals surface area (Å²) in [7, 11) is 0. The lowest BCUT2D eigenvalue weighted by Gasteiger charge is -1.97. The predicted octanol–water partition coefficient (Wildman–Crippen LogP) is 1.51. The summed E-state index contributed by atoms with van der Waals surface area (Å²) in [5.41, 5.74) is 1.36. The van der Waals surface area contributed by atoms with Gasteiger partial charge in [-0.1, -0.05) is 0 Å². The molecule has 2 heterocycles. The molecule has 0 saturated heterocycles. The zero-order chi connectivity index (χ0) is 10.7. The van der Waals surface area contributed by atoms with Gasteiger partial charge in [-0.2, -0.15) is 17.0 Å². The molecule has 0 atom stereocenters. The van der Waals surface area contributed by atoms with Crippen LogP contribution in [-0.2, 0) is 6.42 Å². The molecule has 0 aromatic carbocycles. The summed E-state index contributed by atoms with van der Waals surface area (Å²) >= 11 is 1.78. The Morgan fingerprint density at radius 2 is 2.40 bits per heavy atom. The third-order valence-corrected chi connectivity index (χ3v) is 2.75. The Balaban J connectivity index is 2.39. The van der Waals surface area contributed by atoms with Crippen molar-refractivity contribution in [2.75, 3.05) is 12.0 Å². The lowest BCUT2D eigenvalue weighted by atomic mass is 10.3. The SMILES string of the molecule is CSCCc1nnc2cc(C#N)ccn12. The Morgan fingerprint density at radius 1 is 1.53 bits per heavy atom. The van der Waals surface area contributed by atoms with Gasteiger partial charge in [0.25, 0.3) is 0 Å². The minimum Gasteiger partial charge on any atom is -0.286 e. The Kier molecular flexibility index (Phi) is 2.88. The smallest absolute Gasteiger partial charge is 0.162 e. The highest BCUT2D eigenvalue weighted by atomic mass is 32.2. The number of thioether (sulfide) groups is 1. The van der Waals surface area contributed by atoms with Gasteiger partial charge in [-0.05, 0) is 12.3 Å². The van der Waals surface area contributed by atoms with Gasteiger partial charge >= 0.3 is 0 Å². The van der Waals surface area contributed by atoms with E-state index in [-0.39, 0.29) is 0 Å². The quantitative estimate of drug-likeness (QED) is 0.783. The van der Waals surface area contributed by atoms with Crippen molar-refractivity contribution in [1.29, 1.82) is 5.26 Å². The fourth-order valence-corrected chi connectivity index (χ4v) is 1.76. The van der Waals surface area contributed by atoms with Crippen molar-refractivity contribution in [3.8, 4) is 6.07 Å². The summed E-state index contributed by atoms with van der Waals surface area (Å²) in [4.78, 5) is 0. The molecule has 15 heavy (non-hydrogen) atoms. The molecule has 76 valence electrons. The van der Waals surface area contributed by atoms with Gasteiger partial charge in [0.2, 0.25) is 0 Å². The van der Waals surface area contributed by atoms with E-state index in [1.54, 1.807) is 23.9 Å². The molecule has 0 spiro atoms. The van der Waals surface area contributed by atoms with Crippen LogP contribution in [0.2, 0.25) is 0 Å². The van der Waals surface area contributed by atoms with Crippen LogP contribution in [-0.4, -0.2) is 26.6 Å². The van der Waals surface area contributed by atoms with Crippen LogP contribution in [0.25, 0.3) is 5.65 Å². The fourth-order valence-electron chi connectivity index (χ4n) is 1.37. The second-order valence-electron chi connectivity index (χ2n) is 3.11. The number of fused-ring (bicyclic) bond motifs is 1. The third-order valence-electron chi connectivity index (χ3n) is 2.14. The first-order valence-electron chi connectivity index (χ1n) is 4.58. The molecule has 0 fully saturated rings. The van der Waals surface area contributed by atoms with Gasteiger partial charge in [-0.3, -0.25) is 4.40 Å². The summed E-state index contributed by atoms with van der Waals surface area (Å²) in [6, 6.07) is 5.61. The van der Waals surface area contributed by atoms with Gasteiger partial charge in [0, 0.05) is 24.4 Å². The average Bonchev–Trinajstić information content (AvgIpc) is 2.68. The van der Waals surface area contributed by atoms with E-state index in [1.165, 1.54) is 0 Å². The van der Waals surface area contributed by atoms with Crippen LogP contribution < -0.4 is 0 Å². The Morgan fingerprint density at radius 3 is 3.13 bits per heavy atom. The molecule has 2 aromatic heterocycles. The number of aryl methyl sites for hydroxylation is 1. The zero-order valence-electron chi connectivity index (χ0n) is 8.34. The van der Waals surface area contributed by atoms with Crippen molar-refractivity contribution in [1.82, 2.24) is 14.6 Å². The topological polar surface area (TPSA) is 54.0 Å². The van der Waals surface area contributed by atoms with E-state index in [9.17, 15) is 0 Å². The van der Waals surface area contributed by atoms with E-state index >= 15 is 0 Å². The normalized spacial score (nSPS) is 10.4. The molecule has 0 unspecified atom stereocenters. The van der Waals surface area contributed by atoms with Crippen LogP contribution in [0, 0.1) is 11.3 Å². The molecule has 0 amide bonds. The van der Waals surface area contributed by atoms with E-state index in [1.807, 2.05) is 10.6 Å². The first-order chi connectivity index (χ1) is 7.35. The van der Waals surface area contributed by atoms with E-state index in [4.69, 9.17) is 5.26 Å². The van der Waals surface area contributed by atoms with Crippen molar-refractivity contribution in [3.63, 3.8) is 0 Å². The number of nitriles is 1. The monoisotopic (exact) mass is 218 g/mol. The summed E-state index contributed by atoms with van der Waals surface area (Å²) in [6.07, 6.45) is 4.81. The van der Waals surface area contributed by atoms with Crippen LogP contribution in [0.1, 0.15) is 11.4 Å². The van der Waals surface area contributed by atoms with Crippen molar-refractivity contribution in [2.24, 2.45) is 0 Å². The van der Waals surface area contributed by atoms with Crippen molar-refractivity contribution in [3.05, 3.63) is 29.7 Å². The van der Waals surface area contributed by atoms with Gasteiger partial charge in [0.05, 0.1) is 11.6 Å². The van der Waals surface area contributed by atoms with Gasteiger partial charge in [0.1, 0.15) is 5.82 Å². The number of rotatable bonds is 3. The molecule has 0 saturated carbocycles. The first-order valence-corrected chi connectivity index (χ1v) is 5.97. The van der Waals surface area contributed by atoms with E-state index in [2.05, 4.69) is 22.5 Å². The molecule has 0 radical (unpaired) electrons. The number of pyridine rings is 1. The second kappa shape index (κ2) is 4.32. The summed E-state index contributed by atoms with van der Waals surface area (Å²) in [5, 5.41) is 16.9. The maximum atomic E-state index is 8.73. The maximum Gasteiger partial charge on any atom is 0.162 e.